The largest absolute Gasteiger partial charge is 0.456 e. The number of carbonyl (C=O) groups is 3. The highest BCUT2D eigenvalue weighted by atomic mass is 16.6. The van der Waals surface area contributed by atoms with Gasteiger partial charge in [0.05, 0.1) is 11.3 Å². The van der Waals surface area contributed by atoms with E-state index in [1.165, 1.54) is 30.3 Å². The Morgan fingerprint density at radius 2 is 1.96 bits per heavy atom. The number of rotatable bonds is 8. The number of benzene rings is 1. The first-order chi connectivity index (χ1) is 12.8. The molecule has 0 radical (unpaired) electrons. The molecule has 0 fully saturated rings. The van der Waals surface area contributed by atoms with E-state index in [9.17, 15) is 24.5 Å². The van der Waals surface area contributed by atoms with Crippen molar-refractivity contribution in [2.45, 2.75) is 19.8 Å². The molecule has 27 heavy (non-hydrogen) atoms. The van der Waals surface area contributed by atoms with Crippen LogP contribution in [0.3, 0.4) is 0 Å². The molecule has 0 aliphatic rings. The Morgan fingerprint density at radius 1 is 1.19 bits per heavy atom. The summed E-state index contributed by atoms with van der Waals surface area (Å²) in [6, 6.07) is 6.90. The summed E-state index contributed by atoms with van der Waals surface area (Å²) in [5.41, 5.74) is 0.0744. The number of hydrogen-bond acceptors (Lipinski definition) is 8. The Hall–Kier alpha value is -3.76. The lowest BCUT2D eigenvalue weighted by Crippen LogP contribution is -2.22. The van der Waals surface area contributed by atoms with Crippen molar-refractivity contribution in [3.8, 4) is 0 Å². The van der Waals surface area contributed by atoms with Crippen LogP contribution < -0.4 is 10.6 Å². The summed E-state index contributed by atoms with van der Waals surface area (Å²) in [5.74, 6) is -1.15. The smallest absolute Gasteiger partial charge is 0.306 e. The number of nitro benzene ring substituents is 1. The number of aromatic nitrogens is 1. The number of aryl methyl sites for hydroxylation is 1. The molecule has 0 atom stereocenters. The second-order valence-electron chi connectivity index (χ2n) is 5.39. The molecule has 2 N–H and O–H groups in total. The van der Waals surface area contributed by atoms with E-state index in [4.69, 9.17) is 9.26 Å². The van der Waals surface area contributed by atoms with Crippen molar-refractivity contribution in [1.29, 1.82) is 0 Å². The predicted molar refractivity (Wildman–Crippen MR) is 91.8 cm³/mol. The highest BCUT2D eigenvalue weighted by Gasteiger charge is 2.13. The second-order valence-corrected chi connectivity index (χ2v) is 5.39. The molecular formula is C16H16N4O7. The molecule has 0 saturated heterocycles. The summed E-state index contributed by atoms with van der Waals surface area (Å²) in [4.78, 5) is 45.1. The Bertz CT molecular complexity index is 862. The minimum atomic E-state index is -0.740. The monoisotopic (exact) mass is 376 g/mol. The number of anilines is 2. The molecule has 0 saturated carbocycles. The van der Waals surface area contributed by atoms with Crippen LogP contribution in [0.1, 0.15) is 18.6 Å². The molecule has 142 valence electrons. The Kier molecular flexibility index (Phi) is 6.58. The molecule has 11 nitrogen and oxygen atoms in total. The van der Waals surface area contributed by atoms with Crippen molar-refractivity contribution in [2.24, 2.45) is 0 Å². The van der Waals surface area contributed by atoms with E-state index < -0.39 is 29.3 Å². The molecule has 2 rings (SSSR count). The van der Waals surface area contributed by atoms with Crippen LogP contribution in [0.25, 0.3) is 0 Å². The van der Waals surface area contributed by atoms with Crippen molar-refractivity contribution >= 4 is 35.0 Å². The molecule has 0 bridgehead atoms. The first kappa shape index (κ1) is 19.6. The van der Waals surface area contributed by atoms with Gasteiger partial charge < -0.3 is 19.9 Å². The molecule has 2 aromatic rings. The SMILES string of the molecule is Cc1cc(NC(=O)COC(=O)CCC(=O)Nc2cccc([N+](=O)[O-])c2)no1. The number of non-ortho nitro benzene ring substituents is 1. The van der Waals surface area contributed by atoms with Crippen LogP contribution in [-0.4, -0.2) is 34.5 Å². The average molecular weight is 376 g/mol. The molecule has 0 aliphatic heterocycles. The van der Waals surface area contributed by atoms with Crippen molar-refractivity contribution < 1.29 is 28.6 Å². The fourth-order valence-corrected chi connectivity index (χ4v) is 1.96. The molecule has 1 aromatic carbocycles. The van der Waals surface area contributed by atoms with Gasteiger partial charge in [-0.1, -0.05) is 11.2 Å². The minimum absolute atomic E-state index is 0.166. The van der Waals surface area contributed by atoms with Gasteiger partial charge >= 0.3 is 5.97 Å². The molecular weight excluding hydrogens is 360 g/mol. The zero-order valence-corrected chi connectivity index (χ0v) is 14.3. The van der Waals surface area contributed by atoms with Crippen molar-refractivity contribution in [1.82, 2.24) is 5.16 Å². The van der Waals surface area contributed by atoms with Crippen LogP contribution in [0.15, 0.2) is 34.9 Å². The van der Waals surface area contributed by atoms with Gasteiger partial charge in [0.25, 0.3) is 11.6 Å². The van der Waals surface area contributed by atoms with Gasteiger partial charge in [-0.3, -0.25) is 24.5 Å². The Balaban J connectivity index is 1.70. The molecule has 1 heterocycles. The summed E-state index contributed by atoms with van der Waals surface area (Å²) >= 11 is 0. The predicted octanol–water partition coefficient (Wildman–Crippen LogP) is 1.79. The number of nitrogens with one attached hydrogen (secondary N) is 2. The lowest BCUT2D eigenvalue weighted by molar-refractivity contribution is -0.384. The van der Waals surface area contributed by atoms with Gasteiger partial charge in [-0.15, -0.1) is 0 Å². The van der Waals surface area contributed by atoms with Gasteiger partial charge in [0.2, 0.25) is 5.91 Å². The van der Waals surface area contributed by atoms with Crippen LogP contribution in [0.5, 0.6) is 0 Å². The number of nitrogens with zero attached hydrogens (tertiary/aromatic N) is 2. The maximum absolute atomic E-state index is 11.8. The van der Waals surface area contributed by atoms with Crippen molar-refractivity contribution in [2.75, 3.05) is 17.2 Å². The van der Waals surface area contributed by atoms with Gasteiger partial charge in [0, 0.05) is 30.3 Å². The molecule has 0 unspecified atom stereocenters. The van der Waals surface area contributed by atoms with Gasteiger partial charge in [0.15, 0.2) is 12.4 Å². The number of amides is 2. The fraction of sp³-hybridized carbons (Fsp3) is 0.250. The van der Waals surface area contributed by atoms with E-state index in [2.05, 4.69) is 15.8 Å². The van der Waals surface area contributed by atoms with Crippen LogP contribution in [0.4, 0.5) is 17.2 Å². The molecule has 0 aliphatic carbocycles. The van der Waals surface area contributed by atoms with Gasteiger partial charge in [0.1, 0.15) is 5.76 Å². The summed E-state index contributed by atoms with van der Waals surface area (Å²) in [7, 11) is 0. The third kappa shape index (κ3) is 6.57. The number of carbonyl (C=O) groups excluding carboxylic acids is 3. The van der Waals surface area contributed by atoms with Crippen molar-refractivity contribution in [3.05, 3.63) is 46.2 Å². The van der Waals surface area contributed by atoms with E-state index in [0.29, 0.717) is 5.76 Å². The second kappa shape index (κ2) is 9.08. The van der Waals surface area contributed by atoms with E-state index in [0.717, 1.165) is 0 Å². The molecule has 1 aromatic heterocycles. The van der Waals surface area contributed by atoms with Gasteiger partial charge in [-0.05, 0) is 13.0 Å². The van der Waals surface area contributed by atoms with Crippen LogP contribution in [0, 0.1) is 17.0 Å². The van der Waals surface area contributed by atoms with Gasteiger partial charge in [-0.2, -0.15) is 0 Å². The summed E-state index contributed by atoms with van der Waals surface area (Å²) in [6.45, 7) is 1.12. The molecule has 11 heteroatoms. The lowest BCUT2D eigenvalue weighted by atomic mass is 10.2. The number of hydrogen-bond donors (Lipinski definition) is 2. The van der Waals surface area contributed by atoms with E-state index >= 15 is 0 Å². The molecule has 0 spiro atoms. The van der Waals surface area contributed by atoms with E-state index in [1.54, 1.807) is 6.92 Å². The van der Waals surface area contributed by atoms with Crippen molar-refractivity contribution in [3.63, 3.8) is 0 Å². The summed E-state index contributed by atoms with van der Waals surface area (Å²) < 4.78 is 9.53. The van der Waals surface area contributed by atoms with Gasteiger partial charge in [-0.25, -0.2) is 0 Å². The lowest BCUT2D eigenvalue weighted by Gasteiger charge is -2.06. The number of esters is 1. The van der Waals surface area contributed by atoms with Crippen LogP contribution in [-0.2, 0) is 19.1 Å². The van der Waals surface area contributed by atoms with E-state index in [-0.39, 0.29) is 30.0 Å². The zero-order chi connectivity index (χ0) is 19.8. The summed E-state index contributed by atoms with van der Waals surface area (Å²) in [5, 5.41) is 19.1. The normalized spacial score (nSPS) is 10.1. The van der Waals surface area contributed by atoms with Crippen LogP contribution >= 0.6 is 0 Å². The third-order valence-electron chi connectivity index (χ3n) is 3.16. The maximum Gasteiger partial charge on any atom is 0.306 e. The van der Waals surface area contributed by atoms with E-state index in [1.807, 2.05) is 0 Å². The zero-order valence-electron chi connectivity index (χ0n) is 14.3. The quantitative estimate of drug-likeness (QED) is 0.401. The standard InChI is InChI=1S/C16H16N4O7/c1-10-7-13(19-27-10)18-15(22)9-26-16(23)6-5-14(21)17-11-3-2-4-12(8-11)20(24)25/h2-4,7-8H,5-6,9H2,1H3,(H,17,21)(H,18,19,22). The third-order valence-corrected chi connectivity index (χ3v) is 3.16. The van der Waals surface area contributed by atoms with Crippen LogP contribution in [0.2, 0.25) is 0 Å². The molecule has 2 amide bonds. The minimum Gasteiger partial charge on any atom is -0.456 e. The topological polar surface area (TPSA) is 154 Å². The summed E-state index contributed by atoms with van der Waals surface area (Å²) in [6.07, 6.45) is -0.456. The highest BCUT2D eigenvalue weighted by Crippen LogP contribution is 2.17. The highest BCUT2D eigenvalue weighted by molar-refractivity contribution is 5.94. The average Bonchev–Trinajstić information content (AvgIpc) is 3.03. The number of nitro groups is 1. The number of ether oxygens (including phenoxy) is 1. The first-order valence-electron chi connectivity index (χ1n) is 7.76. The Morgan fingerprint density at radius 3 is 2.63 bits per heavy atom. The maximum atomic E-state index is 11.8. The Labute approximate surface area is 152 Å². The fourth-order valence-electron chi connectivity index (χ4n) is 1.96. The first-order valence-corrected chi connectivity index (χ1v) is 7.76.